The molecule has 2 aromatic rings. The maximum atomic E-state index is 12.1. The Labute approximate surface area is 197 Å². The highest BCUT2D eigenvalue weighted by molar-refractivity contribution is 7.92. The monoisotopic (exact) mass is 476 g/mol. The number of benzene rings is 2. The van der Waals surface area contributed by atoms with Crippen LogP contribution in [0.3, 0.4) is 0 Å². The van der Waals surface area contributed by atoms with Gasteiger partial charge in [0.2, 0.25) is 0 Å². The fourth-order valence-corrected chi connectivity index (χ4v) is 4.55. The van der Waals surface area contributed by atoms with Crippen LogP contribution in [0.2, 0.25) is 0 Å². The van der Waals surface area contributed by atoms with E-state index in [1.807, 2.05) is 43.3 Å². The maximum absolute atomic E-state index is 12.1. The quantitative estimate of drug-likeness (QED) is 0.369. The number of hydrogen-bond acceptors (Lipinski definition) is 6. The Balaban J connectivity index is 1.51. The van der Waals surface area contributed by atoms with Gasteiger partial charge in [0, 0.05) is 25.3 Å². The molecule has 1 aliphatic carbocycles. The van der Waals surface area contributed by atoms with Crippen molar-refractivity contribution in [3.8, 4) is 5.75 Å². The third-order valence-electron chi connectivity index (χ3n) is 5.65. The molecule has 180 valence electrons. The van der Waals surface area contributed by atoms with Crippen molar-refractivity contribution in [2.45, 2.75) is 45.6 Å². The maximum Gasteiger partial charge on any atom is 0.391 e. The number of aryl methyl sites for hydroxylation is 1. The van der Waals surface area contributed by atoms with Gasteiger partial charge in [-0.2, -0.15) is 4.55 Å². The van der Waals surface area contributed by atoms with Gasteiger partial charge in [0.1, 0.15) is 0 Å². The molecule has 2 N–H and O–H groups in total. The molecule has 0 fully saturated rings. The summed E-state index contributed by atoms with van der Waals surface area (Å²) in [7, 11) is -3.26. The highest BCUT2D eigenvalue weighted by Gasteiger charge is 2.23. The minimum Gasteiger partial charge on any atom is -0.464 e. The second-order valence-electron chi connectivity index (χ2n) is 8.33. The number of esters is 1. The number of ether oxygens (including phenoxy) is 2. The van der Waals surface area contributed by atoms with E-state index in [1.165, 1.54) is 17.4 Å². The van der Waals surface area contributed by atoms with Crippen molar-refractivity contribution in [1.29, 1.82) is 0 Å². The van der Waals surface area contributed by atoms with Crippen LogP contribution < -0.4 is 9.50 Å². The average Bonchev–Trinajstić information content (AvgIpc) is 2.77. The third kappa shape index (κ3) is 7.84. The van der Waals surface area contributed by atoms with Crippen molar-refractivity contribution in [2.75, 3.05) is 31.3 Å². The molecule has 0 radical (unpaired) electrons. The van der Waals surface area contributed by atoms with Gasteiger partial charge in [0.05, 0.1) is 6.61 Å². The van der Waals surface area contributed by atoms with Crippen molar-refractivity contribution >= 4 is 22.2 Å². The van der Waals surface area contributed by atoms with Crippen LogP contribution in [0.15, 0.2) is 42.5 Å². The van der Waals surface area contributed by atoms with E-state index in [0.29, 0.717) is 31.3 Å². The van der Waals surface area contributed by atoms with E-state index in [4.69, 9.17) is 13.7 Å². The molecular weight excluding hydrogens is 442 g/mol. The molecule has 0 amide bonds. The number of fused-ring (bicyclic) bond motifs is 1. The number of rotatable bonds is 11. The van der Waals surface area contributed by atoms with Crippen LogP contribution in [-0.2, 0) is 48.2 Å². The van der Waals surface area contributed by atoms with E-state index < -0.39 is 16.6 Å². The summed E-state index contributed by atoms with van der Waals surface area (Å²) in [5.41, 5.74) is 4.51. The molecule has 2 aromatic carbocycles. The molecule has 3 unspecified atom stereocenters. The highest BCUT2D eigenvalue weighted by Crippen LogP contribution is 2.29. The van der Waals surface area contributed by atoms with Crippen molar-refractivity contribution in [2.24, 2.45) is 5.92 Å². The number of anilines is 1. The Bertz CT molecular complexity index is 971. The molecule has 0 saturated heterocycles. The predicted molar refractivity (Wildman–Crippen MR) is 130 cm³/mol. The van der Waals surface area contributed by atoms with Crippen LogP contribution in [0.25, 0.3) is 0 Å². The van der Waals surface area contributed by atoms with Crippen LogP contribution in [0.1, 0.15) is 37.0 Å². The van der Waals surface area contributed by atoms with Gasteiger partial charge < -0.3 is 14.8 Å². The average molecular weight is 477 g/mol. The van der Waals surface area contributed by atoms with E-state index in [-0.39, 0.29) is 5.97 Å². The Morgan fingerprint density at radius 2 is 1.91 bits per heavy atom. The van der Waals surface area contributed by atoms with E-state index in [2.05, 4.69) is 5.32 Å². The van der Waals surface area contributed by atoms with Crippen LogP contribution in [-0.4, -0.2) is 42.6 Å². The fourth-order valence-electron chi connectivity index (χ4n) is 4.09. The lowest BCUT2D eigenvalue weighted by Gasteiger charge is -2.25. The van der Waals surface area contributed by atoms with E-state index in [9.17, 15) is 13.6 Å². The van der Waals surface area contributed by atoms with Gasteiger partial charge in [-0.05, 0) is 84.2 Å². The van der Waals surface area contributed by atoms with Crippen molar-refractivity contribution in [1.82, 2.24) is 0 Å². The lowest BCUT2D eigenvalue weighted by atomic mass is 9.84. The zero-order valence-corrected chi connectivity index (χ0v) is 20.4. The Kier molecular flexibility index (Phi) is 8.88. The number of carbonyl (C=O) groups excluding carboxylic acids is 1. The first-order chi connectivity index (χ1) is 15.8. The molecular formula is C25H34NO6S+. The van der Waals surface area contributed by atoms with Gasteiger partial charge in [-0.15, -0.1) is 0 Å². The number of hydrogen-bond donors (Lipinski definition) is 2. The lowest BCUT2D eigenvalue weighted by Crippen LogP contribution is -2.29. The topological polar surface area (TPSA) is 94.1 Å². The van der Waals surface area contributed by atoms with Gasteiger partial charge in [0.15, 0.2) is 18.1 Å². The first-order valence-electron chi connectivity index (χ1n) is 11.4. The summed E-state index contributed by atoms with van der Waals surface area (Å²) in [4.78, 5) is 12.1. The number of carbonyl (C=O) groups is 1. The molecule has 1 aliphatic rings. The lowest BCUT2D eigenvalue weighted by molar-refractivity contribution is -0.156. The summed E-state index contributed by atoms with van der Waals surface area (Å²) in [5.74, 6) is 0.621. The van der Waals surface area contributed by atoms with E-state index >= 15 is 0 Å². The molecule has 0 aliphatic heterocycles. The van der Waals surface area contributed by atoms with Crippen molar-refractivity contribution < 1.29 is 27.2 Å². The molecule has 3 atom stereocenters. The molecule has 33 heavy (non-hydrogen) atoms. The molecule has 0 heterocycles. The summed E-state index contributed by atoms with van der Waals surface area (Å²) >= 11 is 0. The van der Waals surface area contributed by atoms with Crippen molar-refractivity contribution in [3.05, 3.63) is 59.2 Å². The first-order valence-corrected chi connectivity index (χ1v) is 13.3. The van der Waals surface area contributed by atoms with Gasteiger partial charge in [-0.1, -0.05) is 18.2 Å². The van der Waals surface area contributed by atoms with E-state index in [1.54, 1.807) is 13.0 Å². The van der Waals surface area contributed by atoms with Crippen LogP contribution in [0, 0.1) is 5.92 Å². The summed E-state index contributed by atoms with van der Waals surface area (Å²) < 4.78 is 36.6. The van der Waals surface area contributed by atoms with Crippen LogP contribution in [0.5, 0.6) is 5.75 Å². The van der Waals surface area contributed by atoms with Crippen LogP contribution >= 0.6 is 0 Å². The second-order valence-corrected chi connectivity index (χ2v) is 9.97. The largest absolute Gasteiger partial charge is 0.464 e. The molecule has 3 rings (SSSR count). The summed E-state index contributed by atoms with van der Waals surface area (Å²) in [6, 6.07) is 13.7. The molecule has 0 aromatic heterocycles. The molecule has 7 nitrogen and oxygen atoms in total. The number of nitrogens with one attached hydrogen (secondary N) is 1. The normalized spacial score (nSPS) is 18.0. The molecule has 0 spiro atoms. The Morgan fingerprint density at radius 1 is 1.15 bits per heavy atom. The first kappa shape index (κ1) is 25.2. The second kappa shape index (κ2) is 11.6. The molecule has 0 saturated carbocycles. The van der Waals surface area contributed by atoms with Crippen LogP contribution in [0.4, 0.5) is 5.69 Å². The summed E-state index contributed by atoms with van der Waals surface area (Å²) in [6.07, 6.45) is 3.98. The third-order valence-corrected chi connectivity index (χ3v) is 6.15. The Hall–Kier alpha value is -2.42. The SMILES string of the molecule is CCOC(=O)C(Cc1ccc(NCC2CCc3cc(O[S+](C)(=O)O)ccc3C2)cc1)OCC. The van der Waals surface area contributed by atoms with Gasteiger partial charge in [-0.25, -0.2) is 4.79 Å². The smallest absolute Gasteiger partial charge is 0.391 e. The highest BCUT2D eigenvalue weighted by atomic mass is 32.3. The Morgan fingerprint density at radius 3 is 2.58 bits per heavy atom. The predicted octanol–water partition coefficient (Wildman–Crippen LogP) is 4.31. The minimum absolute atomic E-state index is 0.322. The zero-order chi connectivity index (χ0) is 23.8. The summed E-state index contributed by atoms with van der Waals surface area (Å²) in [5, 5.41) is 3.52. The van der Waals surface area contributed by atoms with Gasteiger partial charge in [0.25, 0.3) is 0 Å². The van der Waals surface area contributed by atoms with Gasteiger partial charge >= 0.3 is 16.5 Å². The fraction of sp³-hybridized carbons (Fsp3) is 0.480. The standard InChI is InChI=1S/C25H33NO6S/c1-4-30-24(25(27)31-5-2)15-18-7-11-22(12-8-18)26-17-19-6-9-21-16-23(32-33(3,28)29)13-10-20(21)14-19/h7-8,10-13,16,19,24,26H,4-6,9,14-15,17H2,1-3H3/p+1. The minimum atomic E-state index is -3.26. The molecule has 8 heteroatoms. The molecule has 0 bridgehead atoms. The van der Waals surface area contributed by atoms with E-state index in [0.717, 1.165) is 37.1 Å². The zero-order valence-electron chi connectivity index (χ0n) is 19.5. The van der Waals surface area contributed by atoms with Crippen molar-refractivity contribution in [3.63, 3.8) is 0 Å². The van der Waals surface area contributed by atoms with Gasteiger partial charge in [-0.3, -0.25) is 4.18 Å². The summed E-state index contributed by atoms with van der Waals surface area (Å²) in [6.45, 7) is 5.32.